The zero-order chi connectivity index (χ0) is 16.4. The molecule has 6 heteroatoms. The molecule has 1 aliphatic carbocycles. The lowest BCUT2D eigenvalue weighted by molar-refractivity contribution is 0.0584. The van der Waals surface area contributed by atoms with Gasteiger partial charge in [-0.05, 0) is 31.1 Å². The summed E-state index contributed by atoms with van der Waals surface area (Å²) in [6, 6.07) is 0. The maximum Gasteiger partial charge on any atom is 0.0952 e. The summed E-state index contributed by atoms with van der Waals surface area (Å²) in [6.45, 7) is 3.27. The van der Waals surface area contributed by atoms with Crippen LogP contribution < -0.4 is 0 Å². The molecule has 0 aliphatic heterocycles. The van der Waals surface area contributed by atoms with Crippen molar-refractivity contribution in [1.29, 1.82) is 0 Å². The summed E-state index contributed by atoms with van der Waals surface area (Å²) in [5.41, 5.74) is 0. The monoisotopic (exact) mass is 306 g/mol. The Kier molecular flexibility index (Phi) is 10.9. The average molecular weight is 306 g/mol. The van der Waals surface area contributed by atoms with Crippen molar-refractivity contribution in [2.75, 3.05) is 13.2 Å². The fourth-order valence-electron chi connectivity index (χ4n) is 2.01. The van der Waals surface area contributed by atoms with Crippen LogP contribution in [0.3, 0.4) is 0 Å². The molecular weight excluding hydrogens is 276 g/mol. The van der Waals surface area contributed by atoms with Gasteiger partial charge in [0.2, 0.25) is 0 Å². The summed E-state index contributed by atoms with van der Waals surface area (Å²) >= 11 is 0. The summed E-state index contributed by atoms with van der Waals surface area (Å²) in [7, 11) is 0. The molecule has 0 radical (unpaired) electrons. The van der Waals surface area contributed by atoms with Crippen LogP contribution in [0.25, 0.3) is 0 Å². The molecule has 0 heterocycles. The van der Waals surface area contributed by atoms with Crippen molar-refractivity contribution in [2.45, 2.75) is 57.5 Å². The van der Waals surface area contributed by atoms with E-state index in [0.29, 0.717) is 6.42 Å². The van der Waals surface area contributed by atoms with E-state index in [1.54, 1.807) is 0 Å². The van der Waals surface area contributed by atoms with Crippen LogP contribution in [0.4, 0.5) is 0 Å². The van der Waals surface area contributed by atoms with E-state index in [4.69, 9.17) is 25.5 Å². The first kappa shape index (κ1) is 20.5. The fourth-order valence-corrected chi connectivity index (χ4v) is 2.01. The first-order valence-corrected chi connectivity index (χ1v) is 7.53. The molecule has 0 aromatic rings. The van der Waals surface area contributed by atoms with Gasteiger partial charge in [0.25, 0.3) is 0 Å². The van der Waals surface area contributed by atoms with Crippen LogP contribution in [-0.4, -0.2) is 68.3 Å². The largest absolute Gasteiger partial charge is 0.394 e. The van der Waals surface area contributed by atoms with Gasteiger partial charge in [0.1, 0.15) is 0 Å². The zero-order valence-corrected chi connectivity index (χ0v) is 12.8. The summed E-state index contributed by atoms with van der Waals surface area (Å²) in [5, 5.41) is 53.1. The van der Waals surface area contributed by atoms with E-state index >= 15 is 0 Å². The van der Waals surface area contributed by atoms with Crippen molar-refractivity contribution >= 4 is 0 Å². The van der Waals surface area contributed by atoms with Gasteiger partial charge in [-0.15, -0.1) is 0 Å². The third kappa shape index (κ3) is 8.50. The van der Waals surface area contributed by atoms with Crippen molar-refractivity contribution in [1.82, 2.24) is 0 Å². The van der Waals surface area contributed by atoms with Crippen LogP contribution in [0.2, 0.25) is 0 Å². The summed E-state index contributed by atoms with van der Waals surface area (Å²) < 4.78 is 0. The zero-order valence-electron chi connectivity index (χ0n) is 12.8. The van der Waals surface area contributed by atoms with Crippen molar-refractivity contribution in [3.63, 3.8) is 0 Å². The van der Waals surface area contributed by atoms with E-state index in [-0.39, 0.29) is 31.2 Å². The number of aliphatic hydroxyl groups excluding tert-OH is 6. The highest BCUT2D eigenvalue weighted by Crippen LogP contribution is 2.44. The molecule has 1 saturated carbocycles. The van der Waals surface area contributed by atoms with Crippen LogP contribution >= 0.6 is 0 Å². The van der Waals surface area contributed by atoms with Gasteiger partial charge in [-0.2, -0.15) is 0 Å². The van der Waals surface area contributed by atoms with Gasteiger partial charge in [-0.25, -0.2) is 0 Å². The molecule has 0 amide bonds. The van der Waals surface area contributed by atoms with E-state index < -0.39 is 18.3 Å². The van der Waals surface area contributed by atoms with Crippen LogP contribution in [0.5, 0.6) is 0 Å². The number of hydrogen-bond donors (Lipinski definition) is 6. The Balaban J connectivity index is 0.000000384. The van der Waals surface area contributed by atoms with Crippen molar-refractivity contribution < 1.29 is 30.6 Å². The van der Waals surface area contributed by atoms with Crippen LogP contribution in [0.15, 0.2) is 12.2 Å². The molecule has 1 fully saturated rings. The second-order valence-electron chi connectivity index (χ2n) is 5.40. The van der Waals surface area contributed by atoms with Gasteiger partial charge in [0, 0.05) is 0 Å². The van der Waals surface area contributed by atoms with Gasteiger partial charge >= 0.3 is 0 Å². The van der Waals surface area contributed by atoms with Gasteiger partial charge in [-0.3, -0.25) is 0 Å². The van der Waals surface area contributed by atoms with Crippen LogP contribution in [0.1, 0.15) is 33.1 Å². The van der Waals surface area contributed by atoms with E-state index in [0.717, 1.165) is 12.8 Å². The third-order valence-electron chi connectivity index (χ3n) is 3.65. The predicted molar refractivity (Wildman–Crippen MR) is 79.5 cm³/mol. The van der Waals surface area contributed by atoms with E-state index in [1.165, 1.54) is 12.2 Å². The average Bonchev–Trinajstić information content (AvgIpc) is 3.31. The molecule has 0 bridgehead atoms. The molecule has 1 aliphatic rings. The lowest BCUT2D eigenvalue weighted by atomic mass is 10.1. The van der Waals surface area contributed by atoms with Crippen LogP contribution in [0, 0.1) is 11.8 Å². The molecule has 126 valence electrons. The molecule has 0 saturated heterocycles. The Morgan fingerprint density at radius 1 is 0.810 bits per heavy atom. The standard InChI is InChI=1S/C8H16O3.C7H14O3/c1-2-7(10)5-3-6(5)8(11)4-9;1-2-6(9)3-4-7(10)5-8/h5-11H,2-4H2,1H3;3-4,6-10H,2,5H2,1H3/b;4-3+. The molecule has 0 spiro atoms. The SMILES string of the molecule is CCC(O)/C=C/C(O)CO.CCC(O)C1CC1C(O)CO. The Labute approximate surface area is 126 Å². The molecular formula is C15H30O6. The second-order valence-corrected chi connectivity index (χ2v) is 5.40. The molecule has 6 atom stereocenters. The molecule has 6 unspecified atom stereocenters. The Morgan fingerprint density at radius 2 is 1.33 bits per heavy atom. The summed E-state index contributed by atoms with van der Waals surface area (Å²) in [5.74, 6) is 0.358. The van der Waals surface area contributed by atoms with E-state index in [2.05, 4.69) is 0 Å². The van der Waals surface area contributed by atoms with Gasteiger partial charge in [0.05, 0.1) is 37.6 Å². The number of hydrogen-bond acceptors (Lipinski definition) is 6. The van der Waals surface area contributed by atoms with Crippen molar-refractivity contribution in [3.05, 3.63) is 12.2 Å². The highest BCUT2D eigenvalue weighted by Gasteiger charge is 2.45. The van der Waals surface area contributed by atoms with Gasteiger partial charge in [0.15, 0.2) is 0 Å². The van der Waals surface area contributed by atoms with Crippen molar-refractivity contribution in [2.24, 2.45) is 11.8 Å². The van der Waals surface area contributed by atoms with E-state index in [9.17, 15) is 5.11 Å². The molecule has 6 N–H and O–H groups in total. The van der Waals surface area contributed by atoms with E-state index in [1.807, 2.05) is 13.8 Å². The minimum Gasteiger partial charge on any atom is -0.394 e. The minimum absolute atomic E-state index is 0.134. The first-order valence-electron chi connectivity index (χ1n) is 7.53. The third-order valence-corrected chi connectivity index (χ3v) is 3.65. The maximum absolute atomic E-state index is 9.32. The maximum atomic E-state index is 9.32. The molecule has 6 nitrogen and oxygen atoms in total. The molecule has 0 aromatic heterocycles. The topological polar surface area (TPSA) is 121 Å². The quantitative estimate of drug-likeness (QED) is 0.334. The summed E-state index contributed by atoms with van der Waals surface area (Å²) in [6.07, 6.45) is 2.80. The number of rotatable bonds is 8. The molecule has 21 heavy (non-hydrogen) atoms. The molecule has 1 rings (SSSR count). The lowest BCUT2D eigenvalue weighted by Crippen LogP contribution is -2.19. The lowest BCUT2D eigenvalue weighted by Gasteiger charge is -2.09. The van der Waals surface area contributed by atoms with Crippen LogP contribution in [-0.2, 0) is 0 Å². The minimum atomic E-state index is -0.846. The first-order chi connectivity index (χ1) is 9.90. The Hall–Kier alpha value is -0.500. The highest BCUT2D eigenvalue weighted by atomic mass is 16.3. The highest BCUT2D eigenvalue weighted by molar-refractivity contribution is 4.95. The normalized spacial score (nSPS) is 26.7. The van der Waals surface area contributed by atoms with Gasteiger partial charge in [-0.1, -0.05) is 26.0 Å². The number of aliphatic hydroxyl groups is 6. The summed E-state index contributed by atoms with van der Waals surface area (Å²) in [4.78, 5) is 0. The predicted octanol–water partition coefficient (Wildman–Crippen LogP) is -0.587. The smallest absolute Gasteiger partial charge is 0.0952 e. The molecule has 0 aromatic carbocycles. The second kappa shape index (κ2) is 11.1. The van der Waals surface area contributed by atoms with Crippen molar-refractivity contribution in [3.8, 4) is 0 Å². The fraction of sp³-hybridized carbons (Fsp3) is 0.867. The van der Waals surface area contributed by atoms with Gasteiger partial charge < -0.3 is 30.6 Å². The Morgan fingerprint density at radius 3 is 1.76 bits per heavy atom. The Bertz CT molecular complexity index is 257.